The monoisotopic (exact) mass is 452 g/mol. The lowest BCUT2D eigenvalue weighted by Gasteiger charge is -2.39. The summed E-state index contributed by atoms with van der Waals surface area (Å²) in [6.45, 7) is 5.95. The van der Waals surface area contributed by atoms with E-state index in [1.165, 1.54) is 25.0 Å². The zero-order valence-corrected chi connectivity index (χ0v) is 19.1. The Labute approximate surface area is 192 Å². The van der Waals surface area contributed by atoms with Crippen molar-refractivity contribution in [3.05, 3.63) is 48.4 Å². The Morgan fingerprint density at radius 2 is 1.91 bits per heavy atom. The van der Waals surface area contributed by atoms with Crippen molar-refractivity contribution >= 4 is 11.6 Å². The third kappa shape index (κ3) is 4.44. The molecule has 1 aromatic carbocycles. The van der Waals surface area contributed by atoms with E-state index in [1.807, 2.05) is 26.0 Å². The van der Waals surface area contributed by atoms with Crippen LogP contribution in [0.25, 0.3) is 0 Å². The van der Waals surface area contributed by atoms with E-state index in [0.717, 1.165) is 18.8 Å². The lowest BCUT2D eigenvalue weighted by molar-refractivity contribution is 0.372. The summed E-state index contributed by atoms with van der Waals surface area (Å²) < 4.78 is 26.5. The van der Waals surface area contributed by atoms with Crippen LogP contribution >= 0.6 is 0 Å². The second-order valence-corrected chi connectivity index (χ2v) is 9.04. The predicted molar refractivity (Wildman–Crippen MR) is 124 cm³/mol. The largest absolute Gasteiger partial charge is 0.481 e. The summed E-state index contributed by atoms with van der Waals surface area (Å²) >= 11 is 0. The van der Waals surface area contributed by atoms with E-state index in [1.54, 1.807) is 30.1 Å². The summed E-state index contributed by atoms with van der Waals surface area (Å²) in [5, 5.41) is 8.25. The molecule has 5 rings (SSSR count). The lowest BCUT2D eigenvalue weighted by atomic mass is 9.92. The van der Waals surface area contributed by atoms with Gasteiger partial charge in [-0.1, -0.05) is 6.07 Å². The summed E-state index contributed by atoms with van der Waals surface area (Å²) in [7, 11) is 1.64. The first-order chi connectivity index (χ1) is 16.0. The Kier molecular flexibility index (Phi) is 5.78. The van der Waals surface area contributed by atoms with Crippen LogP contribution < -0.4 is 19.7 Å². The van der Waals surface area contributed by atoms with Crippen molar-refractivity contribution in [1.29, 1.82) is 0 Å². The number of anilines is 2. The minimum Gasteiger partial charge on any atom is -0.481 e. The summed E-state index contributed by atoms with van der Waals surface area (Å²) in [4.78, 5) is 11.2. The van der Waals surface area contributed by atoms with Gasteiger partial charge in [-0.25, -0.2) is 14.1 Å². The van der Waals surface area contributed by atoms with Crippen LogP contribution in [0, 0.1) is 17.7 Å². The fourth-order valence-corrected chi connectivity index (χ4v) is 4.94. The van der Waals surface area contributed by atoms with Crippen LogP contribution in [0.1, 0.15) is 32.7 Å². The van der Waals surface area contributed by atoms with E-state index in [9.17, 15) is 4.39 Å². The van der Waals surface area contributed by atoms with Gasteiger partial charge >= 0.3 is 6.01 Å². The van der Waals surface area contributed by atoms with E-state index in [2.05, 4.69) is 25.3 Å². The number of benzene rings is 1. The summed E-state index contributed by atoms with van der Waals surface area (Å²) in [6, 6.07) is 10.8. The van der Waals surface area contributed by atoms with Gasteiger partial charge in [0.05, 0.1) is 13.2 Å². The molecule has 0 amide bonds. The van der Waals surface area contributed by atoms with Crippen LogP contribution in [0.4, 0.5) is 16.0 Å². The van der Waals surface area contributed by atoms with Gasteiger partial charge in [-0.15, -0.1) is 5.10 Å². The van der Waals surface area contributed by atoms with Gasteiger partial charge in [0.1, 0.15) is 11.6 Å². The van der Waals surface area contributed by atoms with Crippen molar-refractivity contribution in [3.8, 4) is 17.6 Å². The number of fused-ring (bicyclic) bond motifs is 2. The van der Waals surface area contributed by atoms with Gasteiger partial charge in [0.25, 0.3) is 0 Å². The number of nitrogens with one attached hydrogen (secondary N) is 1. The van der Waals surface area contributed by atoms with Crippen molar-refractivity contribution in [2.75, 3.05) is 30.4 Å². The number of methoxy groups -OCH3 is 1. The number of aromatic nitrogens is 4. The first-order valence-corrected chi connectivity index (χ1v) is 11.4. The highest BCUT2D eigenvalue weighted by Crippen LogP contribution is 2.40. The highest BCUT2D eigenvalue weighted by Gasteiger charge is 2.42. The van der Waals surface area contributed by atoms with Crippen LogP contribution in [-0.2, 0) is 0 Å². The molecule has 1 aliphatic carbocycles. The molecule has 1 saturated carbocycles. The molecule has 33 heavy (non-hydrogen) atoms. The van der Waals surface area contributed by atoms with Gasteiger partial charge < -0.3 is 19.7 Å². The second kappa shape index (κ2) is 8.88. The number of piperidine rings is 1. The van der Waals surface area contributed by atoms with Gasteiger partial charge in [0, 0.05) is 43.1 Å². The zero-order valence-electron chi connectivity index (χ0n) is 19.1. The Balaban J connectivity index is 1.31. The predicted octanol–water partition coefficient (Wildman–Crippen LogP) is 4.52. The van der Waals surface area contributed by atoms with Crippen LogP contribution in [0.2, 0.25) is 0 Å². The lowest BCUT2D eigenvalue weighted by Crippen LogP contribution is -2.48. The molecule has 8 nitrogen and oxygen atoms in total. The zero-order chi connectivity index (χ0) is 22.9. The minimum absolute atomic E-state index is 0.0526. The van der Waals surface area contributed by atoms with E-state index >= 15 is 0 Å². The first kappa shape index (κ1) is 21.5. The van der Waals surface area contributed by atoms with E-state index < -0.39 is 0 Å². The average Bonchev–Trinajstić information content (AvgIpc) is 3.29. The maximum atomic E-state index is 13.6. The summed E-state index contributed by atoms with van der Waals surface area (Å²) in [5.41, 5.74) is 1.14. The van der Waals surface area contributed by atoms with Gasteiger partial charge in [-0.3, -0.25) is 0 Å². The molecule has 2 fully saturated rings. The topological polar surface area (TPSA) is 77.3 Å². The van der Waals surface area contributed by atoms with Crippen molar-refractivity contribution in [3.63, 3.8) is 0 Å². The fourth-order valence-electron chi connectivity index (χ4n) is 4.94. The average molecular weight is 453 g/mol. The number of hydrogen-bond donors (Lipinski definition) is 1. The molecule has 0 spiro atoms. The van der Waals surface area contributed by atoms with Crippen molar-refractivity contribution in [1.82, 2.24) is 19.7 Å². The SMILES string of the molecule is COc1cc(N2CC3CCC(C2)C3Nc2nc(Oc3cccc(F)c3)n(C(C)C)n2)ccn1. The Morgan fingerprint density at radius 1 is 1.12 bits per heavy atom. The maximum Gasteiger partial charge on any atom is 0.322 e. The second-order valence-electron chi connectivity index (χ2n) is 9.04. The van der Waals surface area contributed by atoms with E-state index in [-0.39, 0.29) is 11.9 Å². The van der Waals surface area contributed by atoms with Gasteiger partial charge in [0.15, 0.2) is 0 Å². The van der Waals surface area contributed by atoms with Crippen molar-refractivity contribution < 1.29 is 13.9 Å². The molecule has 2 unspecified atom stereocenters. The molecule has 1 N–H and O–H groups in total. The van der Waals surface area contributed by atoms with Crippen molar-refractivity contribution in [2.45, 2.75) is 38.8 Å². The van der Waals surface area contributed by atoms with Gasteiger partial charge in [0.2, 0.25) is 11.8 Å². The molecule has 1 aliphatic heterocycles. The highest BCUT2D eigenvalue weighted by molar-refractivity contribution is 5.49. The summed E-state index contributed by atoms with van der Waals surface area (Å²) in [6.07, 6.45) is 4.13. The fraction of sp³-hybridized carbons (Fsp3) is 0.458. The Morgan fingerprint density at radius 3 is 2.61 bits per heavy atom. The van der Waals surface area contributed by atoms with Crippen molar-refractivity contribution in [2.24, 2.45) is 11.8 Å². The Bertz CT molecular complexity index is 1110. The number of rotatable bonds is 7. The van der Waals surface area contributed by atoms with Gasteiger partial charge in [-0.05, 0) is 56.7 Å². The standard InChI is InChI=1S/C24H29FN6O2/c1-15(2)31-24(33-20-6-4-5-18(25)11-20)28-23(29-31)27-22-16-7-8-17(22)14-30(13-16)19-9-10-26-21(12-19)32-3/h4-6,9-12,15-17,22H,7-8,13-14H2,1-3H3,(H,27,29). The van der Waals surface area contributed by atoms with E-state index in [4.69, 9.17) is 9.47 Å². The van der Waals surface area contributed by atoms with E-state index in [0.29, 0.717) is 41.5 Å². The van der Waals surface area contributed by atoms with Gasteiger partial charge in [-0.2, -0.15) is 4.98 Å². The first-order valence-electron chi connectivity index (χ1n) is 11.4. The quantitative estimate of drug-likeness (QED) is 0.565. The van der Waals surface area contributed by atoms with Crippen LogP contribution in [0.3, 0.4) is 0 Å². The summed E-state index contributed by atoms with van der Waals surface area (Å²) in [5.74, 6) is 2.21. The molecule has 3 heterocycles. The molecule has 0 radical (unpaired) electrons. The third-order valence-electron chi connectivity index (χ3n) is 6.52. The molecule has 3 aromatic rings. The number of ether oxygens (including phenoxy) is 2. The normalized spacial score (nSPS) is 22.0. The minimum atomic E-state index is -0.350. The number of halogens is 1. The number of nitrogens with zero attached hydrogens (tertiary/aromatic N) is 5. The number of hydrogen-bond acceptors (Lipinski definition) is 7. The molecule has 2 atom stereocenters. The smallest absolute Gasteiger partial charge is 0.322 e. The molecule has 1 saturated heterocycles. The molecule has 2 bridgehead atoms. The number of pyridine rings is 1. The third-order valence-corrected chi connectivity index (χ3v) is 6.52. The molecule has 2 aliphatic rings. The van der Waals surface area contributed by atoms with Crippen LogP contribution in [0.15, 0.2) is 42.6 Å². The molecule has 174 valence electrons. The molecular formula is C24H29FN6O2. The molecule has 2 aromatic heterocycles. The molecule has 9 heteroatoms. The molecular weight excluding hydrogens is 423 g/mol. The Hall–Kier alpha value is -3.36. The highest BCUT2D eigenvalue weighted by atomic mass is 19.1. The van der Waals surface area contributed by atoms with Crippen LogP contribution in [0.5, 0.6) is 17.6 Å². The maximum absolute atomic E-state index is 13.6. The van der Waals surface area contributed by atoms with Crippen LogP contribution in [-0.4, -0.2) is 46.0 Å².